The SMILES string of the molecule is CC(C)(C)[NH-].CC1=[C-]C(C)([SiH](C)C)C(C)=C1C.Cl.Cl.[Zr+2]. The molecule has 0 aromatic rings. The van der Waals surface area contributed by atoms with Gasteiger partial charge in [-0.3, -0.25) is 6.08 Å². The molecule has 1 aliphatic carbocycles. The second-order valence-corrected chi connectivity index (χ2v) is 10.1. The summed E-state index contributed by atoms with van der Waals surface area (Å²) < 4.78 is 0. The summed E-state index contributed by atoms with van der Waals surface area (Å²) in [4.78, 5) is 0. The molecule has 0 saturated heterocycles. The van der Waals surface area contributed by atoms with Crippen molar-refractivity contribution in [3.05, 3.63) is 28.5 Å². The smallest absolute Gasteiger partial charge is 0.673 e. The molecule has 0 saturated carbocycles. The molecule has 118 valence electrons. The van der Waals surface area contributed by atoms with Crippen molar-refractivity contribution < 1.29 is 26.2 Å². The van der Waals surface area contributed by atoms with Gasteiger partial charge in [-0.25, -0.2) is 5.57 Å². The van der Waals surface area contributed by atoms with Gasteiger partial charge >= 0.3 is 26.2 Å². The van der Waals surface area contributed by atoms with Crippen LogP contribution >= 0.6 is 24.8 Å². The van der Waals surface area contributed by atoms with Crippen molar-refractivity contribution in [2.24, 2.45) is 0 Å². The minimum Gasteiger partial charge on any atom is -0.673 e. The first-order chi connectivity index (χ1) is 7.39. The summed E-state index contributed by atoms with van der Waals surface area (Å²) in [6, 6.07) is 0. The molecule has 0 spiro atoms. The van der Waals surface area contributed by atoms with Gasteiger partial charge in [-0.05, 0) is 0 Å². The van der Waals surface area contributed by atoms with Crippen molar-refractivity contribution in [2.75, 3.05) is 0 Å². The molecule has 0 bridgehead atoms. The van der Waals surface area contributed by atoms with Crippen LogP contribution < -0.4 is 0 Å². The Kier molecular flexibility index (Phi) is 15.7. The Labute approximate surface area is 159 Å². The molecule has 1 aliphatic rings. The molecule has 0 aromatic carbocycles. The zero-order valence-electron chi connectivity index (χ0n) is 14.4. The fourth-order valence-electron chi connectivity index (χ4n) is 1.83. The van der Waals surface area contributed by atoms with E-state index in [-0.39, 0.29) is 56.6 Å². The van der Waals surface area contributed by atoms with Crippen LogP contribution in [0.25, 0.3) is 5.73 Å². The first-order valence-electron chi connectivity index (χ1n) is 6.44. The fraction of sp³-hybridized carbons (Fsp3) is 0.733. The van der Waals surface area contributed by atoms with Crippen molar-refractivity contribution in [3.63, 3.8) is 0 Å². The van der Waals surface area contributed by atoms with Gasteiger partial charge in [0, 0.05) is 8.80 Å². The third-order valence-electron chi connectivity index (χ3n) is 3.51. The molecular weight excluding hydrogens is 384 g/mol. The summed E-state index contributed by atoms with van der Waals surface area (Å²) in [5.41, 5.74) is 11.1. The quantitative estimate of drug-likeness (QED) is 0.370. The van der Waals surface area contributed by atoms with Gasteiger partial charge in [-0.15, -0.1) is 37.3 Å². The van der Waals surface area contributed by atoms with E-state index in [1.807, 2.05) is 20.8 Å². The van der Waals surface area contributed by atoms with Gasteiger partial charge in [0.15, 0.2) is 0 Å². The second kappa shape index (κ2) is 10.8. The molecule has 1 rings (SSSR count). The second-order valence-electron chi connectivity index (χ2n) is 6.61. The molecule has 0 aliphatic heterocycles. The van der Waals surface area contributed by atoms with E-state index in [1.54, 1.807) is 5.57 Å². The molecule has 5 heteroatoms. The minimum absolute atomic E-state index is 0. The van der Waals surface area contributed by atoms with Crippen LogP contribution in [-0.2, 0) is 26.2 Å². The number of rotatable bonds is 1. The van der Waals surface area contributed by atoms with Crippen LogP contribution in [0.1, 0.15) is 48.5 Å². The Morgan fingerprint density at radius 3 is 1.45 bits per heavy atom. The van der Waals surface area contributed by atoms with Crippen molar-refractivity contribution in [1.82, 2.24) is 0 Å². The van der Waals surface area contributed by atoms with Crippen LogP contribution in [0.2, 0.25) is 18.1 Å². The van der Waals surface area contributed by atoms with E-state index in [0.29, 0.717) is 5.04 Å². The average molecular weight is 416 g/mol. The van der Waals surface area contributed by atoms with E-state index >= 15 is 0 Å². The maximum atomic E-state index is 6.94. The summed E-state index contributed by atoms with van der Waals surface area (Å²) in [7, 11) is -0.663. The maximum Gasteiger partial charge on any atom is 2.00 e. The molecule has 1 N–H and O–H groups in total. The Balaban J connectivity index is -0.000000141. The number of hydrogen-bond donors (Lipinski definition) is 0. The van der Waals surface area contributed by atoms with Crippen molar-refractivity contribution >= 4 is 33.6 Å². The third-order valence-corrected chi connectivity index (χ3v) is 6.39. The van der Waals surface area contributed by atoms with Crippen molar-refractivity contribution in [1.29, 1.82) is 0 Å². The largest absolute Gasteiger partial charge is 2.00 e. The van der Waals surface area contributed by atoms with Gasteiger partial charge in [0.05, 0.1) is 0 Å². The van der Waals surface area contributed by atoms with Crippen molar-refractivity contribution in [2.45, 2.75) is 72.1 Å². The number of allylic oxidation sites excluding steroid dienone is 4. The number of nitrogens with one attached hydrogen (secondary N) is 1. The van der Waals surface area contributed by atoms with E-state index in [1.165, 1.54) is 11.1 Å². The van der Waals surface area contributed by atoms with Gasteiger partial charge in [0.2, 0.25) is 0 Å². The fourth-order valence-corrected chi connectivity index (χ4v) is 3.41. The zero-order valence-corrected chi connectivity index (χ0v) is 19.6. The van der Waals surface area contributed by atoms with E-state index < -0.39 is 8.80 Å². The predicted molar refractivity (Wildman–Crippen MR) is 96.6 cm³/mol. The molecule has 20 heavy (non-hydrogen) atoms. The molecule has 0 amide bonds. The molecule has 1 nitrogen and oxygen atoms in total. The molecule has 0 fully saturated rings. The predicted octanol–water partition coefficient (Wildman–Crippen LogP) is 6.01. The Hall–Kier alpha value is 1.12. The standard InChI is InChI=1S/C11H19Si.C4H10N.2ClH.Zr/c1-8-7-11(4,12(5)6)10(3)9(8)2;1-4(2,3)5;;;/h12H,1-6H3;5H,1-3H3;2*1H;/q2*-1;;;+2. The Bertz CT molecular complexity index is 340. The van der Waals surface area contributed by atoms with E-state index in [9.17, 15) is 0 Å². The van der Waals surface area contributed by atoms with Gasteiger partial charge in [-0.2, -0.15) is 11.1 Å². The topological polar surface area (TPSA) is 23.8 Å². The maximum absolute atomic E-state index is 6.94. The first-order valence-corrected chi connectivity index (χ1v) is 9.33. The van der Waals surface area contributed by atoms with E-state index in [4.69, 9.17) is 5.73 Å². The summed E-state index contributed by atoms with van der Waals surface area (Å²) in [5.74, 6) is 0. The van der Waals surface area contributed by atoms with Crippen LogP contribution in [0.15, 0.2) is 16.7 Å². The van der Waals surface area contributed by atoms with E-state index in [2.05, 4.69) is 46.9 Å². The Morgan fingerprint density at radius 2 is 1.35 bits per heavy atom. The summed E-state index contributed by atoms with van der Waals surface area (Å²) in [6.07, 6.45) is 3.63. The average Bonchev–Trinajstić information content (AvgIpc) is 2.29. The van der Waals surface area contributed by atoms with Crippen LogP contribution in [0.5, 0.6) is 0 Å². The molecule has 0 aromatic heterocycles. The summed E-state index contributed by atoms with van der Waals surface area (Å²) in [5, 5.41) is 0.328. The number of hydrogen-bond acceptors (Lipinski definition) is 0. The number of halogens is 2. The van der Waals surface area contributed by atoms with Gasteiger partial charge < -0.3 is 5.73 Å². The Morgan fingerprint density at radius 1 is 1.05 bits per heavy atom. The van der Waals surface area contributed by atoms with Gasteiger partial charge in [-0.1, -0.05) is 59.7 Å². The zero-order chi connectivity index (χ0) is 14.0. The summed E-state index contributed by atoms with van der Waals surface area (Å²) in [6.45, 7) is 19.4. The van der Waals surface area contributed by atoms with Crippen LogP contribution in [-0.4, -0.2) is 14.3 Å². The monoisotopic (exact) mass is 413 g/mol. The van der Waals surface area contributed by atoms with Crippen LogP contribution in [0.4, 0.5) is 0 Å². The normalized spacial score (nSPS) is 21.1. The van der Waals surface area contributed by atoms with Crippen molar-refractivity contribution in [3.8, 4) is 0 Å². The molecule has 0 heterocycles. The molecule has 1 atom stereocenters. The first kappa shape index (κ1) is 29.2. The van der Waals surface area contributed by atoms with Crippen LogP contribution in [0.3, 0.4) is 0 Å². The molecular formula is C15H31Cl2NSiZr. The molecule has 0 radical (unpaired) electrons. The molecule has 1 unspecified atom stereocenters. The van der Waals surface area contributed by atoms with E-state index in [0.717, 1.165) is 0 Å². The van der Waals surface area contributed by atoms with Crippen LogP contribution in [0, 0.1) is 6.08 Å². The third kappa shape index (κ3) is 9.20. The van der Waals surface area contributed by atoms with Gasteiger partial charge in [0.1, 0.15) is 0 Å². The van der Waals surface area contributed by atoms with Gasteiger partial charge in [0.25, 0.3) is 0 Å². The minimum atomic E-state index is -0.663. The summed E-state index contributed by atoms with van der Waals surface area (Å²) >= 11 is 0.